The van der Waals surface area contributed by atoms with Gasteiger partial charge >= 0.3 is 0 Å². The molecule has 1 saturated carbocycles. The highest BCUT2D eigenvalue weighted by molar-refractivity contribution is 5.96. The van der Waals surface area contributed by atoms with Crippen LogP contribution in [-0.4, -0.2) is 10.9 Å². The number of benzene rings is 2. The van der Waals surface area contributed by atoms with E-state index < -0.39 is 0 Å². The van der Waals surface area contributed by atoms with E-state index in [1.54, 1.807) is 0 Å². The van der Waals surface area contributed by atoms with Crippen molar-refractivity contribution < 1.29 is 4.79 Å². The number of anilines is 1. The first-order chi connectivity index (χ1) is 13.4. The van der Waals surface area contributed by atoms with Crippen molar-refractivity contribution in [3.63, 3.8) is 0 Å². The van der Waals surface area contributed by atoms with E-state index in [0.29, 0.717) is 5.82 Å². The maximum Gasteiger partial charge on any atom is 0.228 e. The molecule has 0 saturated heterocycles. The molecule has 1 aromatic heterocycles. The van der Waals surface area contributed by atoms with Crippen molar-refractivity contribution in [2.45, 2.75) is 39.0 Å². The Labute approximate surface area is 166 Å². The van der Waals surface area contributed by atoms with Crippen molar-refractivity contribution in [1.29, 1.82) is 0 Å². The van der Waals surface area contributed by atoms with Crippen molar-refractivity contribution >= 4 is 22.5 Å². The van der Waals surface area contributed by atoms with E-state index >= 15 is 0 Å². The second-order valence-electron chi connectivity index (χ2n) is 8.35. The van der Waals surface area contributed by atoms with Gasteiger partial charge in [0.25, 0.3) is 0 Å². The van der Waals surface area contributed by atoms with Gasteiger partial charge in [-0.1, -0.05) is 50.3 Å². The van der Waals surface area contributed by atoms with Crippen LogP contribution in [0.2, 0.25) is 0 Å². The fourth-order valence-electron chi connectivity index (χ4n) is 3.40. The first kappa shape index (κ1) is 18.4. The van der Waals surface area contributed by atoms with Gasteiger partial charge in [-0.15, -0.1) is 6.58 Å². The number of carbonyl (C=O) groups excluding carboxylic acids is 1. The number of hydrogen-bond acceptors (Lipinski definition) is 2. The summed E-state index contributed by atoms with van der Waals surface area (Å²) in [5, 5.41) is 5.06. The fourth-order valence-corrected chi connectivity index (χ4v) is 3.40. The van der Waals surface area contributed by atoms with Gasteiger partial charge in [-0.3, -0.25) is 4.79 Å². The molecule has 0 unspecified atom stereocenters. The Hall–Kier alpha value is -2.94. The summed E-state index contributed by atoms with van der Waals surface area (Å²) in [7, 11) is 0. The highest BCUT2D eigenvalue weighted by Crippen LogP contribution is 2.33. The quantitative estimate of drug-likeness (QED) is 0.558. The Morgan fingerprint density at radius 3 is 2.64 bits per heavy atom. The molecule has 4 rings (SSSR count). The van der Waals surface area contributed by atoms with Gasteiger partial charge in [-0.05, 0) is 59.5 Å². The molecule has 28 heavy (non-hydrogen) atoms. The van der Waals surface area contributed by atoms with Crippen LogP contribution in [0, 0.1) is 12.8 Å². The zero-order valence-corrected chi connectivity index (χ0v) is 16.8. The number of fused-ring (bicyclic) bond motifs is 1. The average molecular weight is 370 g/mol. The third kappa shape index (κ3) is 3.57. The SMILES string of the molecule is C=CC(C)(C)c1ccc(C)c(-c2ccc3cc(NC(=O)C4CC4)ncc3c2)c1. The molecule has 0 radical (unpaired) electrons. The van der Waals surface area contributed by atoms with Gasteiger partial charge in [0.05, 0.1) is 0 Å². The lowest BCUT2D eigenvalue weighted by molar-refractivity contribution is -0.117. The van der Waals surface area contributed by atoms with E-state index in [9.17, 15) is 4.79 Å². The molecule has 2 aromatic carbocycles. The lowest BCUT2D eigenvalue weighted by Gasteiger charge is -2.22. The second-order valence-corrected chi connectivity index (χ2v) is 8.35. The van der Waals surface area contributed by atoms with Crippen molar-refractivity contribution in [3.8, 4) is 11.1 Å². The number of allylic oxidation sites excluding steroid dienone is 1. The van der Waals surface area contributed by atoms with Crippen molar-refractivity contribution in [2.75, 3.05) is 5.32 Å². The van der Waals surface area contributed by atoms with Crippen LogP contribution < -0.4 is 5.32 Å². The Balaban J connectivity index is 1.69. The number of carbonyl (C=O) groups is 1. The van der Waals surface area contributed by atoms with Crippen LogP contribution in [0.1, 0.15) is 37.8 Å². The molecular formula is C25H26N2O. The Bertz CT molecular complexity index is 1080. The smallest absolute Gasteiger partial charge is 0.228 e. The molecule has 0 atom stereocenters. The van der Waals surface area contributed by atoms with Crippen molar-refractivity contribution in [1.82, 2.24) is 4.98 Å². The summed E-state index contributed by atoms with van der Waals surface area (Å²) in [5.74, 6) is 0.888. The number of aromatic nitrogens is 1. The molecule has 0 aliphatic heterocycles. The minimum Gasteiger partial charge on any atom is -0.310 e. The molecule has 1 amide bonds. The van der Waals surface area contributed by atoms with Crippen LogP contribution >= 0.6 is 0 Å². The van der Waals surface area contributed by atoms with Crippen LogP contribution in [-0.2, 0) is 10.2 Å². The molecule has 3 heteroatoms. The number of rotatable bonds is 5. The second kappa shape index (κ2) is 6.90. The van der Waals surface area contributed by atoms with Gasteiger partial charge < -0.3 is 5.32 Å². The summed E-state index contributed by atoms with van der Waals surface area (Å²) in [5.41, 5.74) is 4.81. The predicted octanol–water partition coefficient (Wildman–Crippen LogP) is 6.02. The van der Waals surface area contributed by atoms with Crippen LogP contribution in [0.15, 0.2) is 61.3 Å². The van der Waals surface area contributed by atoms with Crippen LogP contribution in [0.3, 0.4) is 0 Å². The van der Waals surface area contributed by atoms with Crippen molar-refractivity contribution in [2.24, 2.45) is 5.92 Å². The van der Waals surface area contributed by atoms with Gasteiger partial charge in [-0.25, -0.2) is 4.98 Å². The number of pyridine rings is 1. The summed E-state index contributed by atoms with van der Waals surface area (Å²) in [6.07, 6.45) is 5.81. The lowest BCUT2D eigenvalue weighted by Crippen LogP contribution is -2.14. The number of aryl methyl sites for hydroxylation is 1. The van der Waals surface area contributed by atoms with Gasteiger partial charge in [0.15, 0.2) is 0 Å². The van der Waals surface area contributed by atoms with Crippen LogP contribution in [0.5, 0.6) is 0 Å². The molecule has 1 aliphatic carbocycles. The van der Waals surface area contributed by atoms with Crippen LogP contribution in [0.25, 0.3) is 21.9 Å². The molecule has 1 heterocycles. The number of nitrogens with one attached hydrogen (secondary N) is 1. The molecule has 0 spiro atoms. The van der Waals surface area contributed by atoms with Gasteiger partial charge in [0.2, 0.25) is 5.91 Å². The summed E-state index contributed by atoms with van der Waals surface area (Å²) < 4.78 is 0. The zero-order valence-electron chi connectivity index (χ0n) is 16.8. The van der Waals surface area contributed by atoms with E-state index in [2.05, 4.69) is 74.0 Å². The molecule has 3 nitrogen and oxygen atoms in total. The molecule has 142 valence electrons. The molecule has 3 aromatic rings. The Morgan fingerprint density at radius 1 is 1.14 bits per heavy atom. The Kier molecular flexibility index (Phi) is 4.54. The van der Waals surface area contributed by atoms with E-state index in [1.807, 2.05) is 18.3 Å². The Morgan fingerprint density at radius 2 is 1.93 bits per heavy atom. The van der Waals surface area contributed by atoms with Gasteiger partial charge in [-0.2, -0.15) is 0 Å². The molecule has 0 bridgehead atoms. The number of hydrogen-bond donors (Lipinski definition) is 1. The lowest BCUT2D eigenvalue weighted by atomic mass is 9.82. The third-order valence-electron chi connectivity index (χ3n) is 5.72. The molecule has 1 aliphatic rings. The van der Waals surface area contributed by atoms with Crippen molar-refractivity contribution in [3.05, 3.63) is 72.4 Å². The summed E-state index contributed by atoms with van der Waals surface area (Å²) >= 11 is 0. The van der Waals surface area contributed by atoms with E-state index in [1.165, 1.54) is 22.3 Å². The molecular weight excluding hydrogens is 344 g/mol. The topological polar surface area (TPSA) is 42.0 Å². The monoisotopic (exact) mass is 370 g/mol. The first-order valence-corrected chi connectivity index (χ1v) is 9.83. The number of nitrogens with zero attached hydrogens (tertiary/aromatic N) is 1. The zero-order chi connectivity index (χ0) is 19.9. The highest BCUT2D eigenvalue weighted by atomic mass is 16.2. The van der Waals surface area contributed by atoms with E-state index in [0.717, 1.165) is 23.6 Å². The van der Waals surface area contributed by atoms with E-state index in [-0.39, 0.29) is 17.2 Å². The van der Waals surface area contributed by atoms with E-state index in [4.69, 9.17) is 0 Å². The standard InChI is InChI=1S/C25H26N2O/c1-5-25(3,4)21-11-6-16(2)22(14-21)19-10-9-18-13-23(26-15-20(18)12-19)27-24(28)17-7-8-17/h5-6,9-15,17H,1,7-8H2,2-4H3,(H,26,27,28). The normalized spacial score (nSPS) is 14.1. The summed E-state index contributed by atoms with van der Waals surface area (Å²) in [4.78, 5) is 16.4. The van der Waals surface area contributed by atoms with Crippen LogP contribution in [0.4, 0.5) is 5.82 Å². The highest BCUT2D eigenvalue weighted by Gasteiger charge is 2.29. The predicted molar refractivity (Wildman–Crippen MR) is 116 cm³/mol. The molecule has 1 N–H and O–H groups in total. The minimum absolute atomic E-state index is 0.0739. The fraction of sp³-hybridized carbons (Fsp3) is 0.280. The molecule has 1 fully saturated rings. The number of amides is 1. The maximum atomic E-state index is 12.0. The summed E-state index contributed by atoms with van der Waals surface area (Å²) in [6.45, 7) is 10.5. The minimum atomic E-state index is -0.0739. The first-order valence-electron chi connectivity index (χ1n) is 9.83. The average Bonchev–Trinajstić information content (AvgIpc) is 3.53. The third-order valence-corrected chi connectivity index (χ3v) is 5.72. The van der Waals surface area contributed by atoms with Gasteiger partial charge in [0, 0.05) is 22.9 Å². The summed E-state index contributed by atoms with van der Waals surface area (Å²) in [6, 6.07) is 15.0. The van der Waals surface area contributed by atoms with Gasteiger partial charge in [0.1, 0.15) is 5.82 Å². The maximum absolute atomic E-state index is 12.0. The largest absolute Gasteiger partial charge is 0.310 e.